The number of amides is 1. The van der Waals surface area contributed by atoms with Crippen molar-refractivity contribution in [2.24, 2.45) is 0 Å². The van der Waals surface area contributed by atoms with Crippen LogP contribution in [0.5, 0.6) is 11.5 Å². The Morgan fingerprint density at radius 2 is 1.84 bits per heavy atom. The van der Waals surface area contributed by atoms with E-state index < -0.39 is 10.8 Å². The second kappa shape index (κ2) is 10.9. The number of piperidine rings is 1. The van der Waals surface area contributed by atoms with Gasteiger partial charge in [-0.25, -0.2) is 0 Å². The largest absolute Gasteiger partial charge is 0.493 e. The number of nitrogens with zero attached hydrogens (tertiary/aromatic N) is 2. The lowest BCUT2D eigenvalue weighted by Crippen LogP contribution is -2.35. The summed E-state index contributed by atoms with van der Waals surface area (Å²) in [5.41, 5.74) is 1.62. The molecule has 1 saturated heterocycles. The molecule has 0 radical (unpaired) electrons. The molecule has 0 bridgehead atoms. The Kier molecular flexibility index (Phi) is 8.02. The minimum Gasteiger partial charge on any atom is -0.493 e. The van der Waals surface area contributed by atoms with Gasteiger partial charge in [-0.2, -0.15) is 0 Å². The number of ether oxygens (including phenoxy) is 2. The van der Waals surface area contributed by atoms with Crippen molar-refractivity contribution in [3.8, 4) is 11.5 Å². The summed E-state index contributed by atoms with van der Waals surface area (Å²) in [5, 5.41) is 23.8. The van der Waals surface area contributed by atoms with Gasteiger partial charge in [-0.1, -0.05) is 24.3 Å². The van der Waals surface area contributed by atoms with Crippen molar-refractivity contribution in [2.75, 3.05) is 26.8 Å². The van der Waals surface area contributed by atoms with E-state index in [9.17, 15) is 20.0 Å². The first-order chi connectivity index (χ1) is 15.4. The summed E-state index contributed by atoms with van der Waals surface area (Å²) in [4.78, 5) is 25.9. The minimum atomic E-state index is -0.610. The maximum Gasteiger partial charge on any atom is 0.286 e. The maximum atomic E-state index is 12.7. The smallest absolute Gasteiger partial charge is 0.286 e. The van der Waals surface area contributed by atoms with Crippen LogP contribution in [-0.2, 0) is 13.1 Å². The van der Waals surface area contributed by atoms with Crippen LogP contribution in [0.2, 0.25) is 0 Å². The van der Waals surface area contributed by atoms with Crippen LogP contribution in [0.4, 0.5) is 5.69 Å². The summed E-state index contributed by atoms with van der Waals surface area (Å²) >= 11 is 0. The fourth-order valence-electron chi connectivity index (χ4n) is 3.69. The number of methoxy groups -OCH3 is 1. The Labute approximate surface area is 187 Å². The molecule has 0 atom stereocenters. The molecule has 2 aromatic rings. The third-order valence-electron chi connectivity index (χ3n) is 5.46. The molecule has 2 N–H and O–H groups in total. The third-order valence-corrected chi connectivity index (χ3v) is 5.46. The molecular weight excluding hydrogens is 414 g/mol. The molecule has 32 heavy (non-hydrogen) atoms. The van der Waals surface area contributed by atoms with Crippen LogP contribution < -0.4 is 14.8 Å². The number of hydrogen-bond acceptors (Lipinski definition) is 7. The summed E-state index contributed by atoms with van der Waals surface area (Å²) in [5.74, 6) is -0.0782. The van der Waals surface area contributed by atoms with Gasteiger partial charge in [0.25, 0.3) is 11.6 Å². The Morgan fingerprint density at radius 1 is 1.19 bits per heavy atom. The Hall–Kier alpha value is -3.17. The third kappa shape index (κ3) is 5.95. The van der Waals surface area contributed by atoms with Gasteiger partial charge in [-0.15, -0.1) is 0 Å². The van der Waals surface area contributed by atoms with E-state index in [1.54, 1.807) is 6.92 Å². The fourth-order valence-corrected chi connectivity index (χ4v) is 3.69. The lowest BCUT2D eigenvalue weighted by molar-refractivity contribution is -0.385. The zero-order chi connectivity index (χ0) is 23.1. The van der Waals surface area contributed by atoms with Crippen molar-refractivity contribution in [3.63, 3.8) is 0 Å². The molecule has 1 amide bonds. The van der Waals surface area contributed by atoms with Gasteiger partial charge in [0.1, 0.15) is 5.56 Å². The number of rotatable bonds is 9. The maximum absolute atomic E-state index is 12.7. The van der Waals surface area contributed by atoms with Crippen LogP contribution in [0.25, 0.3) is 0 Å². The molecule has 1 aliphatic heterocycles. The van der Waals surface area contributed by atoms with Crippen molar-refractivity contribution in [3.05, 3.63) is 63.2 Å². The number of carbonyl (C=O) groups is 1. The van der Waals surface area contributed by atoms with Crippen molar-refractivity contribution in [1.82, 2.24) is 10.2 Å². The van der Waals surface area contributed by atoms with E-state index in [0.717, 1.165) is 43.6 Å². The highest BCUT2D eigenvalue weighted by molar-refractivity contribution is 5.99. The molecule has 9 nitrogen and oxygen atoms in total. The predicted molar refractivity (Wildman–Crippen MR) is 119 cm³/mol. The van der Waals surface area contributed by atoms with Gasteiger partial charge in [-0.05, 0) is 30.9 Å². The first-order valence-electron chi connectivity index (χ1n) is 10.7. The molecule has 0 spiro atoms. The van der Waals surface area contributed by atoms with E-state index in [4.69, 9.17) is 9.47 Å². The summed E-state index contributed by atoms with van der Waals surface area (Å²) in [7, 11) is 1.39. The zero-order valence-electron chi connectivity index (χ0n) is 18.4. The molecule has 3 rings (SSSR count). The number of likely N-dealkylation sites (tertiary alicyclic amines) is 1. The lowest BCUT2D eigenvalue weighted by Gasteiger charge is -2.29. The lowest BCUT2D eigenvalue weighted by atomic mass is 10.1. The van der Waals surface area contributed by atoms with Crippen LogP contribution in [0.3, 0.4) is 0 Å². The number of carbonyl (C=O) groups excluding carboxylic acids is 1. The van der Waals surface area contributed by atoms with E-state index in [1.807, 2.05) is 24.3 Å². The molecular formula is C23H29N3O6. The molecule has 0 aromatic heterocycles. The number of aliphatic hydroxyl groups is 1. The summed E-state index contributed by atoms with van der Waals surface area (Å²) in [6, 6.07) is 10.4. The molecule has 1 heterocycles. The molecule has 0 aliphatic carbocycles. The van der Waals surface area contributed by atoms with E-state index in [-0.39, 0.29) is 35.4 Å². The first kappa shape index (κ1) is 23.5. The highest BCUT2D eigenvalue weighted by atomic mass is 16.6. The number of aliphatic hydroxyl groups excluding tert-OH is 1. The quantitative estimate of drug-likeness (QED) is 0.452. The van der Waals surface area contributed by atoms with Crippen LogP contribution in [0, 0.1) is 10.1 Å². The molecule has 1 aliphatic rings. The summed E-state index contributed by atoms with van der Waals surface area (Å²) in [6.07, 6.45) is 1.41. The zero-order valence-corrected chi connectivity index (χ0v) is 18.4. The van der Waals surface area contributed by atoms with E-state index in [0.29, 0.717) is 6.61 Å². The second-order valence-electron chi connectivity index (χ2n) is 7.72. The van der Waals surface area contributed by atoms with Crippen LogP contribution in [0.1, 0.15) is 41.3 Å². The van der Waals surface area contributed by atoms with Gasteiger partial charge in [0.2, 0.25) is 0 Å². The van der Waals surface area contributed by atoms with E-state index in [1.165, 1.54) is 19.2 Å². The van der Waals surface area contributed by atoms with E-state index >= 15 is 0 Å². The average Bonchev–Trinajstić information content (AvgIpc) is 2.79. The fraction of sp³-hybridized carbons (Fsp3) is 0.435. The number of nitro benzene ring substituents is 1. The highest BCUT2D eigenvalue weighted by Crippen LogP contribution is 2.34. The monoisotopic (exact) mass is 443 g/mol. The molecule has 2 aromatic carbocycles. The SMILES string of the molecule is CCOc1cc(C(=O)NCc2ccc(CN3CCC(O)CC3)cc2)c([N+](=O)[O-])cc1OC. The molecule has 0 unspecified atom stereocenters. The highest BCUT2D eigenvalue weighted by Gasteiger charge is 2.24. The predicted octanol–water partition coefficient (Wildman–Crippen LogP) is 2.89. The Bertz CT molecular complexity index is 939. The van der Waals surface area contributed by atoms with E-state index in [2.05, 4.69) is 10.2 Å². The van der Waals surface area contributed by atoms with Gasteiger partial charge in [-0.3, -0.25) is 19.8 Å². The number of hydrogen-bond donors (Lipinski definition) is 2. The summed E-state index contributed by atoms with van der Waals surface area (Å²) < 4.78 is 10.6. The Morgan fingerprint density at radius 3 is 2.44 bits per heavy atom. The van der Waals surface area contributed by atoms with Gasteiger partial charge in [0, 0.05) is 32.2 Å². The average molecular weight is 444 g/mol. The van der Waals surface area contributed by atoms with Crippen LogP contribution in [-0.4, -0.2) is 53.7 Å². The number of nitrogens with one attached hydrogen (secondary N) is 1. The Balaban J connectivity index is 1.64. The molecule has 1 fully saturated rings. The van der Waals surface area contributed by atoms with Crippen molar-refractivity contribution >= 4 is 11.6 Å². The van der Waals surface area contributed by atoms with Crippen molar-refractivity contribution in [1.29, 1.82) is 0 Å². The van der Waals surface area contributed by atoms with Gasteiger partial charge >= 0.3 is 0 Å². The van der Waals surface area contributed by atoms with Gasteiger partial charge < -0.3 is 19.9 Å². The topological polar surface area (TPSA) is 114 Å². The molecule has 9 heteroatoms. The van der Waals surface area contributed by atoms with Crippen molar-refractivity contribution < 1.29 is 24.3 Å². The minimum absolute atomic E-state index is 0.0804. The standard InChI is InChI=1S/C23H29N3O6/c1-3-32-22-12-19(20(26(29)30)13-21(22)31-2)23(28)24-14-16-4-6-17(7-5-16)15-25-10-8-18(27)9-11-25/h4-7,12-13,18,27H,3,8-11,14-15H2,1-2H3,(H,24,28). The van der Waals surface area contributed by atoms with Crippen molar-refractivity contribution in [2.45, 2.75) is 39.0 Å². The van der Waals surface area contributed by atoms with Gasteiger partial charge in [0.15, 0.2) is 11.5 Å². The van der Waals surface area contributed by atoms with Crippen LogP contribution >= 0.6 is 0 Å². The van der Waals surface area contributed by atoms with Crippen LogP contribution in [0.15, 0.2) is 36.4 Å². The molecule has 0 saturated carbocycles. The summed E-state index contributed by atoms with van der Waals surface area (Å²) in [6.45, 7) is 4.92. The first-order valence-corrected chi connectivity index (χ1v) is 10.7. The van der Waals surface area contributed by atoms with Gasteiger partial charge in [0.05, 0.1) is 30.8 Å². The normalized spacial score (nSPS) is 14.7. The number of benzene rings is 2. The molecule has 172 valence electrons. The second-order valence-corrected chi connectivity index (χ2v) is 7.72. The number of nitro groups is 1.